The summed E-state index contributed by atoms with van der Waals surface area (Å²) < 4.78 is 31.7. The molecule has 2 unspecified atom stereocenters. The van der Waals surface area contributed by atoms with Gasteiger partial charge in [0.15, 0.2) is 0 Å². The van der Waals surface area contributed by atoms with Gasteiger partial charge in [-0.05, 0) is 18.8 Å². The van der Waals surface area contributed by atoms with Crippen molar-refractivity contribution in [2.24, 2.45) is 5.92 Å². The van der Waals surface area contributed by atoms with E-state index in [1.807, 2.05) is 6.92 Å². The van der Waals surface area contributed by atoms with E-state index < -0.39 is 15.4 Å². The molecule has 1 aliphatic rings. The Bertz CT molecular complexity index is 225. The molecule has 5 heteroatoms. The third-order valence-corrected chi connectivity index (χ3v) is 3.54. The van der Waals surface area contributed by atoms with E-state index in [2.05, 4.69) is 0 Å². The van der Waals surface area contributed by atoms with Crippen molar-refractivity contribution in [3.05, 3.63) is 0 Å². The van der Waals surface area contributed by atoms with Gasteiger partial charge in [0.25, 0.3) is 0 Å². The quantitative estimate of drug-likeness (QED) is 0.367. The minimum absolute atomic E-state index is 0. The monoisotopic (exact) mass is 200 g/mol. The van der Waals surface area contributed by atoms with Gasteiger partial charge in [0.1, 0.15) is 0 Å². The molecular formula is C7H13NaO3S. The van der Waals surface area contributed by atoms with E-state index in [1.54, 1.807) is 0 Å². The number of hydrogen-bond donors (Lipinski definition) is 0. The molecule has 0 aromatic heterocycles. The van der Waals surface area contributed by atoms with Gasteiger partial charge in [0.2, 0.25) is 0 Å². The molecule has 0 aromatic rings. The first-order valence-electron chi connectivity index (χ1n) is 3.95. The van der Waals surface area contributed by atoms with Crippen LogP contribution in [0, 0.1) is 5.92 Å². The zero-order chi connectivity index (χ0) is 8.48. The molecule has 0 N–H and O–H groups in total. The SMILES string of the molecule is CC1CCCC(S(=O)(=O)[O-])C1.[Na+]. The Morgan fingerprint density at radius 2 is 1.92 bits per heavy atom. The van der Waals surface area contributed by atoms with Gasteiger partial charge in [-0.15, -0.1) is 0 Å². The maximum atomic E-state index is 10.6. The second-order valence-corrected chi connectivity index (χ2v) is 5.04. The van der Waals surface area contributed by atoms with E-state index in [0.717, 1.165) is 12.8 Å². The Morgan fingerprint density at radius 3 is 2.25 bits per heavy atom. The summed E-state index contributed by atoms with van der Waals surface area (Å²) in [5, 5.41) is -0.605. The van der Waals surface area contributed by atoms with Crippen LogP contribution in [0.1, 0.15) is 32.6 Å². The molecule has 66 valence electrons. The van der Waals surface area contributed by atoms with Crippen LogP contribution in [0.15, 0.2) is 0 Å². The van der Waals surface area contributed by atoms with Crippen LogP contribution >= 0.6 is 0 Å². The van der Waals surface area contributed by atoms with Crippen molar-refractivity contribution in [3.63, 3.8) is 0 Å². The van der Waals surface area contributed by atoms with Crippen molar-refractivity contribution >= 4 is 10.1 Å². The van der Waals surface area contributed by atoms with Crippen LogP contribution in [0.2, 0.25) is 0 Å². The zero-order valence-electron chi connectivity index (χ0n) is 7.62. The Kier molecular flexibility index (Phi) is 5.33. The Morgan fingerprint density at radius 1 is 1.33 bits per heavy atom. The van der Waals surface area contributed by atoms with Crippen LogP contribution in [0.25, 0.3) is 0 Å². The van der Waals surface area contributed by atoms with Crippen LogP contribution in [0.5, 0.6) is 0 Å². The average Bonchev–Trinajstić information content (AvgIpc) is 1.86. The van der Waals surface area contributed by atoms with Gasteiger partial charge in [-0.25, -0.2) is 8.42 Å². The van der Waals surface area contributed by atoms with Crippen molar-refractivity contribution in [2.45, 2.75) is 37.9 Å². The van der Waals surface area contributed by atoms with Crippen LogP contribution in [-0.2, 0) is 10.1 Å². The van der Waals surface area contributed by atoms with Gasteiger partial charge in [-0.1, -0.05) is 19.8 Å². The van der Waals surface area contributed by atoms with E-state index in [9.17, 15) is 13.0 Å². The second-order valence-electron chi connectivity index (χ2n) is 3.39. The van der Waals surface area contributed by atoms with Crippen molar-refractivity contribution in [1.82, 2.24) is 0 Å². The van der Waals surface area contributed by atoms with Gasteiger partial charge >= 0.3 is 29.6 Å². The van der Waals surface area contributed by atoms with Gasteiger partial charge in [-0.2, -0.15) is 0 Å². The fourth-order valence-corrected chi connectivity index (χ4v) is 2.66. The van der Waals surface area contributed by atoms with Crippen LogP contribution in [-0.4, -0.2) is 18.2 Å². The fraction of sp³-hybridized carbons (Fsp3) is 1.00. The second kappa shape index (κ2) is 4.96. The largest absolute Gasteiger partial charge is 1.00 e. The summed E-state index contributed by atoms with van der Waals surface area (Å²) in [6.45, 7) is 2.00. The van der Waals surface area contributed by atoms with Crippen molar-refractivity contribution in [1.29, 1.82) is 0 Å². The zero-order valence-corrected chi connectivity index (χ0v) is 10.4. The maximum Gasteiger partial charge on any atom is 1.00 e. The molecular weight excluding hydrogens is 187 g/mol. The third-order valence-electron chi connectivity index (χ3n) is 2.30. The molecule has 1 fully saturated rings. The van der Waals surface area contributed by atoms with Crippen LogP contribution < -0.4 is 29.6 Å². The Hall–Kier alpha value is 0.910. The van der Waals surface area contributed by atoms with E-state index in [-0.39, 0.29) is 29.6 Å². The summed E-state index contributed by atoms with van der Waals surface area (Å²) >= 11 is 0. The molecule has 0 aliphatic heterocycles. The maximum absolute atomic E-state index is 10.6. The summed E-state index contributed by atoms with van der Waals surface area (Å²) in [5.74, 6) is 0.400. The molecule has 0 aromatic carbocycles. The number of hydrogen-bond acceptors (Lipinski definition) is 3. The molecule has 0 spiro atoms. The van der Waals surface area contributed by atoms with E-state index in [4.69, 9.17) is 0 Å². The summed E-state index contributed by atoms with van der Waals surface area (Å²) in [7, 11) is -4.01. The van der Waals surface area contributed by atoms with Gasteiger partial charge < -0.3 is 4.55 Å². The van der Waals surface area contributed by atoms with Crippen LogP contribution in [0.4, 0.5) is 0 Å². The molecule has 0 amide bonds. The summed E-state index contributed by atoms with van der Waals surface area (Å²) in [4.78, 5) is 0. The van der Waals surface area contributed by atoms with E-state index in [0.29, 0.717) is 18.8 Å². The van der Waals surface area contributed by atoms with Crippen molar-refractivity contribution in [2.75, 3.05) is 0 Å². The molecule has 1 aliphatic carbocycles. The van der Waals surface area contributed by atoms with Gasteiger partial charge in [0, 0.05) is 5.25 Å². The molecule has 0 saturated heterocycles. The molecule has 0 heterocycles. The molecule has 0 radical (unpaired) electrons. The topological polar surface area (TPSA) is 57.2 Å². The Labute approximate surface area is 96.0 Å². The summed E-state index contributed by atoms with van der Waals surface area (Å²) in [5.41, 5.74) is 0. The predicted octanol–water partition coefficient (Wildman–Crippen LogP) is -1.89. The van der Waals surface area contributed by atoms with Crippen LogP contribution in [0.3, 0.4) is 0 Å². The first kappa shape index (κ1) is 12.9. The molecule has 1 rings (SSSR count). The molecule has 12 heavy (non-hydrogen) atoms. The smallest absolute Gasteiger partial charge is 0.748 e. The third kappa shape index (κ3) is 3.75. The minimum Gasteiger partial charge on any atom is -0.748 e. The summed E-state index contributed by atoms with van der Waals surface area (Å²) in [6, 6.07) is 0. The first-order valence-corrected chi connectivity index (χ1v) is 5.42. The normalized spacial score (nSPS) is 30.8. The molecule has 0 bridgehead atoms. The summed E-state index contributed by atoms with van der Waals surface area (Å²) in [6.07, 6.45) is 3.07. The van der Waals surface area contributed by atoms with Crippen molar-refractivity contribution in [3.8, 4) is 0 Å². The predicted molar refractivity (Wildman–Crippen MR) is 41.1 cm³/mol. The van der Waals surface area contributed by atoms with Gasteiger partial charge in [-0.3, -0.25) is 0 Å². The Balaban J connectivity index is 0.00000121. The molecule has 1 saturated carbocycles. The number of rotatable bonds is 1. The standard InChI is InChI=1S/C7H14O3S.Na/c1-6-3-2-4-7(5-6)11(8,9)10;/h6-7H,2-5H2,1H3,(H,8,9,10);/q;+1/p-1. The average molecular weight is 200 g/mol. The van der Waals surface area contributed by atoms with E-state index in [1.165, 1.54) is 0 Å². The van der Waals surface area contributed by atoms with Gasteiger partial charge in [0.05, 0.1) is 10.1 Å². The molecule has 3 nitrogen and oxygen atoms in total. The van der Waals surface area contributed by atoms with E-state index >= 15 is 0 Å². The van der Waals surface area contributed by atoms with Crippen molar-refractivity contribution < 1.29 is 42.5 Å². The fourth-order valence-electron chi connectivity index (χ4n) is 1.64. The minimum atomic E-state index is -4.01. The first-order chi connectivity index (χ1) is 5.00. The molecule has 2 atom stereocenters.